The van der Waals surface area contributed by atoms with Crippen molar-refractivity contribution in [3.8, 4) is 17.1 Å². The smallest absolute Gasteiger partial charge is 0.145 e. The summed E-state index contributed by atoms with van der Waals surface area (Å²) < 4.78 is 7.86. The summed E-state index contributed by atoms with van der Waals surface area (Å²) >= 11 is 0. The lowest BCUT2D eigenvalue weighted by Gasteiger charge is -2.38. The van der Waals surface area contributed by atoms with Crippen LogP contribution in [0, 0.1) is 5.92 Å². The Morgan fingerprint density at radius 3 is 2.41 bits per heavy atom. The molecule has 1 saturated carbocycles. The zero-order chi connectivity index (χ0) is 27.8. The standard InChI is InChI=1S/C35H37N5O/c1-25-6-13-33-32(12-11-31(25)27-4-2-5-30(24-27)39-20-22-41-23-21-39)38-34(26-14-18-37-19-15-26)40(33)29-9-7-28(8-10-29)35(36)16-3-17-35/h2,4-5,7-15,18-19,24-25H,3,6,16-17,20-23,36H2,1H3. The first kappa shape index (κ1) is 25.9. The first-order valence-electron chi connectivity index (χ1n) is 14.8. The van der Waals surface area contributed by atoms with Gasteiger partial charge in [-0.2, -0.15) is 0 Å². The molecule has 2 aliphatic carbocycles. The van der Waals surface area contributed by atoms with E-state index in [1.165, 1.54) is 28.8 Å². The quantitative estimate of drug-likeness (QED) is 0.392. The highest BCUT2D eigenvalue weighted by atomic mass is 16.5. The number of imidazole rings is 1. The maximum Gasteiger partial charge on any atom is 0.145 e. The van der Waals surface area contributed by atoms with Gasteiger partial charge in [0, 0.05) is 48.0 Å². The van der Waals surface area contributed by atoms with Crippen molar-refractivity contribution < 1.29 is 4.74 Å². The van der Waals surface area contributed by atoms with Crippen LogP contribution in [0.5, 0.6) is 0 Å². The van der Waals surface area contributed by atoms with Crippen molar-refractivity contribution in [2.75, 3.05) is 31.2 Å². The number of fused-ring (bicyclic) bond motifs is 1. The van der Waals surface area contributed by atoms with Crippen LogP contribution >= 0.6 is 0 Å². The molecule has 3 heterocycles. The predicted molar refractivity (Wildman–Crippen MR) is 166 cm³/mol. The Balaban J connectivity index is 1.33. The molecular weight excluding hydrogens is 506 g/mol. The van der Waals surface area contributed by atoms with Gasteiger partial charge in [-0.15, -0.1) is 0 Å². The van der Waals surface area contributed by atoms with Gasteiger partial charge in [-0.25, -0.2) is 4.98 Å². The van der Waals surface area contributed by atoms with Gasteiger partial charge in [0.15, 0.2) is 0 Å². The van der Waals surface area contributed by atoms with E-state index in [4.69, 9.17) is 15.5 Å². The van der Waals surface area contributed by atoms with Gasteiger partial charge in [0.25, 0.3) is 0 Å². The van der Waals surface area contributed by atoms with E-state index in [1.54, 1.807) is 0 Å². The molecule has 0 amide bonds. The molecule has 208 valence electrons. The number of nitrogens with zero attached hydrogens (tertiary/aromatic N) is 4. The zero-order valence-electron chi connectivity index (χ0n) is 23.7. The molecule has 2 aromatic heterocycles. The summed E-state index contributed by atoms with van der Waals surface area (Å²) in [7, 11) is 0. The first-order valence-corrected chi connectivity index (χ1v) is 14.8. The molecule has 7 rings (SSSR count). The minimum Gasteiger partial charge on any atom is -0.378 e. The fraction of sp³-hybridized carbons (Fsp3) is 0.314. The van der Waals surface area contributed by atoms with E-state index in [2.05, 4.69) is 88.1 Å². The van der Waals surface area contributed by atoms with E-state index in [9.17, 15) is 0 Å². The molecule has 0 radical (unpaired) electrons. The molecule has 0 bridgehead atoms. The zero-order valence-corrected chi connectivity index (χ0v) is 23.7. The summed E-state index contributed by atoms with van der Waals surface area (Å²) in [5.74, 6) is 1.27. The van der Waals surface area contributed by atoms with Crippen molar-refractivity contribution in [2.24, 2.45) is 11.7 Å². The van der Waals surface area contributed by atoms with Gasteiger partial charge in [-0.05, 0) is 90.8 Å². The number of pyridine rings is 1. The van der Waals surface area contributed by atoms with Crippen molar-refractivity contribution in [2.45, 2.75) is 38.1 Å². The van der Waals surface area contributed by atoms with Gasteiger partial charge in [-0.3, -0.25) is 9.55 Å². The number of hydrogen-bond donors (Lipinski definition) is 1. The highest BCUT2D eigenvalue weighted by Crippen LogP contribution is 2.39. The average Bonchev–Trinajstić information content (AvgIpc) is 3.36. The molecule has 1 unspecified atom stereocenters. The van der Waals surface area contributed by atoms with Crippen LogP contribution in [0.15, 0.2) is 79.1 Å². The van der Waals surface area contributed by atoms with Gasteiger partial charge in [-0.1, -0.05) is 43.3 Å². The summed E-state index contributed by atoms with van der Waals surface area (Å²) in [4.78, 5) is 11.9. The monoisotopic (exact) mass is 543 g/mol. The summed E-state index contributed by atoms with van der Waals surface area (Å²) in [5, 5.41) is 2.10. The van der Waals surface area contributed by atoms with Crippen LogP contribution in [0.2, 0.25) is 0 Å². The highest BCUT2D eigenvalue weighted by molar-refractivity contribution is 5.76. The third kappa shape index (κ3) is 4.92. The number of nitrogens with two attached hydrogens (primary N) is 1. The second-order valence-corrected chi connectivity index (χ2v) is 11.6. The van der Waals surface area contributed by atoms with Gasteiger partial charge in [0.1, 0.15) is 5.82 Å². The number of benzene rings is 2. The molecule has 1 atom stereocenters. The molecule has 6 heteroatoms. The van der Waals surface area contributed by atoms with E-state index in [-0.39, 0.29) is 5.54 Å². The molecule has 2 fully saturated rings. The average molecular weight is 544 g/mol. The second kappa shape index (κ2) is 10.8. The molecule has 41 heavy (non-hydrogen) atoms. The maximum atomic E-state index is 6.64. The van der Waals surface area contributed by atoms with E-state index in [0.29, 0.717) is 5.92 Å². The topological polar surface area (TPSA) is 69.2 Å². The fourth-order valence-electron chi connectivity index (χ4n) is 6.35. The minimum atomic E-state index is -0.175. The van der Waals surface area contributed by atoms with Crippen LogP contribution in [-0.4, -0.2) is 40.8 Å². The summed E-state index contributed by atoms with van der Waals surface area (Å²) in [6.07, 6.45) is 14.7. The third-order valence-corrected chi connectivity index (χ3v) is 9.00. The predicted octanol–water partition coefficient (Wildman–Crippen LogP) is 4.79. The molecule has 3 aliphatic rings. The van der Waals surface area contributed by atoms with Gasteiger partial charge >= 0.3 is 0 Å². The Kier molecular flexibility index (Phi) is 6.81. The van der Waals surface area contributed by atoms with Crippen LogP contribution in [0.4, 0.5) is 5.69 Å². The molecule has 6 nitrogen and oxygen atoms in total. The van der Waals surface area contributed by atoms with Gasteiger partial charge < -0.3 is 15.4 Å². The number of anilines is 1. The molecule has 0 spiro atoms. The highest BCUT2D eigenvalue weighted by Gasteiger charge is 2.34. The Morgan fingerprint density at radius 2 is 1.68 bits per heavy atom. The summed E-state index contributed by atoms with van der Waals surface area (Å²) in [6.45, 7) is 5.76. The number of hydrogen-bond acceptors (Lipinski definition) is 5. The van der Waals surface area contributed by atoms with E-state index >= 15 is 0 Å². The van der Waals surface area contributed by atoms with Crippen molar-refractivity contribution in [1.29, 1.82) is 0 Å². The lowest BCUT2D eigenvalue weighted by atomic mass is 9.73. The maximum absolute atomic E-state index is 6.64. The number of aromatic nitrogens is 3. The lowest BCUT2D eigenvalue weighted by Crippen LogP contribution is -2.43. The molecule has 2 aromatic carbocycles. The molecule has 1 aliphatic heterocycles. The summed E-state index contributed by atoms with van der Waals surface area (Å²) in [6, 6.07) is 21.8. The molecule has 1 saturated heterocycles. The van der Waals surface area contributed by atoms with E-state index in [1.807, 2.05) is 24.5 Å². The van der Waals surface area contributed by atoms with E-state index in [0.717, 1.165) is 73.3 Å². The Hall–Kier alpha value is -4.00. The number of rotatable bonds is 5. The fourth-order valence-corrected chi connectivity index (χ4v) is 6.35. The Morgan fingerprint density at radius 1 is 0.902 bits per heavy atom. The van der Waals surface area contributed by atoms with Crippen LogP contribution in [-0.2, 0) is 10.3 Å². The number of ether oxygens (including phenoxy) is 1. The molecular formula is C35H37N5O. The third-order valence-electron chi connectivity index (χ3n) is 9.00. The van der Waals surface area contributed by atoms with Crippen molar-refractivity contribution in [3.63, 3.8) is 0 Å². The Bertz CT molecular complexity index is 1690. The van der Waals surface area contributed by atoms with Crippen molar-refractivity contribution in [1.82, 2.24) is 14.5 Å². The Labute approximate surface area is 241 Å². The van der Waals surface area contributed by atoms with Crippen LogP contribution in [0.1, 0.15) is 43.7 Å². The minimum absolute atomic E-state index is 0.175. The SMILES string of the molecule is CC1CC=c2c(nc(-c3ccncc3)n2-c2ccc(C3(N)CCC3)cc2)=CC=C1c1cccc(N2CCOCC2)c1. The van der Waals surface area contributed by atoms with E-state index < -0.39 is 0 Å². The normalized spacial score (nSPS) is 20.0. The van der Waals surface area contributed by atoms with Crippen LogP contribution < -0.4 is 21.3 Å². The van der Waals surface area contributed by atoms with Crippen LogP contribution in [0.3, 0.4) is 0 Å². The van der Waals surface area contributed by atoms with Crippen LogP contribution in [0.25, 0.3) is 34.8 Å². The number of allylic oxidation sites excluding steroid dienone is 2. The lowest BCUT2D eigenvalue weighted by molar-refractivity contribution is 0.122. The first-order chi connectivity index (χ1) is 20.1. The number of morpholine rings is 1. The second-order valence-electron chi connectivity index (χ2n) is 11.6. The summed E-state index contributed by atoms with van der Waals surface area (Å²) in [5.41, 5.74) is 13.7. The largest absolute Gasteiger partial charge is 0.378 e. The van der Waals surface area contributed by atoms with Crippen molar-refractivity contribution in [3.05, 3.63) is 101 Å². The molecule has 4 aromatic rings. The molecule has 2 N–H and O–H groups in total. The van der Waals surface area contributed by atoms with Gasteiger partial charge in [0.2, 0.25) is 0 Å². The van der Waals surface area contributed by atoms with Gasteiger partial charge in [0.05, 0.1) is 23.9 Å². The van der Waals surface area contributed by atoms with Crippen molar-refractivity contribution >= 4 is 23.4 Å².